The van der Waals surface area contributed by atoms with Crippen molar-refractivity contribution in [2.24, 2.45) is 0 Å². The molecule has 5 heteroatoms. The van der Waals surface area contributed by atoms with Gasteiger partial charge in [-0.15, -0.1) is 11.3 Å². The summed E-state index contributed by atoms with van der Waals surface area (Å²) >= 11 is 9.24. The van der Waals surface area contributed by atoms with Crippen LogP contribution in [0.4, 0.5) is 0 Å². The molecule has 0 bridgehead atoms. The van der Waals surface area contributed by atoms with Crippen molar-refractivity contribution in [3.63, 3.8) is 0 Å². The number of allylic oxidation sites excluding steroid dienone is 6. The standard InChI is InChI=1S/C37H32Br2N2S/c1-5-12-27(7-3)40-30(16-11-21-38)24(4)35-33(40)19-17-25-22-34(42-37(25)35)36-29-23-26(39)18-20-31(29)41(32(36)13-6-2)28-14-9-8-10-15-28/h5-20,22-23H,21H2,1-4H3/b12-5-,13-6-,16-11-,27-7+. The van der Waals surface area contributed by atoms with Crippen LogP contribution in [0.5, 0.6) is 0 Å². The highest BCUT2D eigenvalue weighted by molar-refractivity contribution is 9.10. The number of aryl methyl sites for hydroxylation is 1. The summed E-state index contributed by atoms with van der Waals surface area (Å²) in [5.74, 6) is 0. The van der Waals surface area contributed by atoms with Crippen LogP contribution in [0.15, 0.2) is 102 Å². The Labute approximate surface area is 268 Å². The summed E-state index contributed by atoms with van der Waals surface area (Å²) in [4.78, 5) is 1.27. The third-order valence-electron chi connectivity index (χ3n) is 7.71. The topological polar surface area (TPSA) is 9.86 Å². The summed E-state index contributed by atoms with van der Waals surface area (Å²) < 4.78 is 7.19. The van der Waals surface area contributed by atoms with Gasteiger partial charge in [0.25, 0.3) is 0 Å². The van der Waals surface area contributed by atoms with Crippen LogP contribution in [0.2, 0.25) is 0 Å². The van der Waals surface area contributed by atoms with E-state index in [0.717, 1.165) is 15.5 Å². The number of alkyl halides is 1. The van der Waals surface area contributed by atoms with E-state index in [0.29, 0.717) is 0 Å². The van der Waals surface area contributed by atoms with Crippen LogP contribution >= 0.6 is 43.2 Å². The Bertz CT molecular complexity index is 2060. The van der Waals surface area contributed by atoms with Crippen molar-refractivity contribution in [3.05, 3.63) is 119 Å². The highest BCUT2D eigenvalue weighted by atomic mass is 79.9. The van der Waals surface area contributed by atoms with E-state index < -0.39 is 0 Å². The number of hydrogen-bond donors (Lipinski definition) is 0. The molecule has 0 N–H and O–H groups in total. The van der Waals surface area contributed by atoms with Gasteiger partial charge in [-0.25, -0.2) is 0 Å². The maximum atomic E-state index is 3.76. The molecule has 210 valence electrons. The maximum absolute atomic E-state index is 3.76. The molecule has 0 spiro atoms. The summed E-state index contributed by atoms with van der Waals surface area (Å²) in [6.07, 6.45) is 15.3. The summed E-state index contributed by atoms with van der Waals surface area (Å²) in [5.41, 5.74) is 9.74. The van der Waals surface area contributed by atoms with Gasteiger partial charge in [-0.3, -0.25) is 0 Å². The number of fused-ring (bicyclic) bond motifs is 4. The van der Waals surface area contributed by atoms with Gasteiger partial charge in [0.15, 0.2) is 0 Å². The van der Waals surface area contributed by atoms with Crippen LogP contribution in [0, 0.1) is 6.92 Å². The average Bonchev–Trinajstić information content (AvgIpc) is 3.64. The molecule has 3 aromatic carbocycles. The lowest BCUT2D eigenvalue weighted by atomic mass is 10.1. The van der Waals surface area contributed by atoms with Crippen molar-refractivity contribution in [2.75, 3.05) is 5.33 Å². The predicted octanol–water partition coefficient (Wildman–Crippen LogP) is 12.4. The monoisotopic (exact) mass is 694 g/mol. The van der Waals surface area contributed by atoms with E-state index in [2.05, 4.69) is 178 Å². The second-order valence-corrected chi connectivity index (χ2v) is 12.8. The number of hydrogen-bond acceptors (Lipinski definition) is 1. The van der Waals surface area contributed by atoms with Crippen LogP contribution in [-0.2, 0) is 0 Å². The number of rotatable bonds is 7. The van der Waals surface area contributed by atoms with Gasteiger partial charge in [0.05, 0.1) is 16.7 Å². The first-order chi connectivity index (χ1) is 20.5. The second-order valence-electron chi connectivity index (χ2n) is 10.2. The Morgan fingerprint density at radius 3 is 2.38 bits per heavy atom. The fraction of sp³-hybridized carbons (Fsp3) is 0.135. The van der Waals surface area contributed by atoms with Crippen LogP contribution < -0.4 is 0 Å². The van der Waals surface area contributed by atoms with Crippen molar-refractivity contribution in [1.29, 1.82) is 0 Å². The van der Waals surface area contributed by atoms with Crippen LogP contribution in [0.3, 0.4) is 0 Å². The van der Waals surface area contributed by atoms with Crippen molar-refractivity contribution < 1.29 is 0 Å². The van der Waals surface area contributed by atoms with Crippen LogP contribution in [0.25, 0.3) is 65.9 Å². The molecule has 0 saturated heterocycles. The molecule has 3 heterocycles. The SMILES string of the molecule is C/C=C\C(=C/C)n1c(/C=C\CBr)c(C)c2c3sc(-c4c(/C=C\C)n(-c5ccccc5)c5ccc(Br)cc45)cc3ccc21. The Hall–Kier alpha value is -3.38. The Balaban J connectivity index is 1.70. The Morgan fingerprint density at radius 2 is 1.67 bits per heavy atom. The molecule has 0 atom stereocenters. The smallest absolute Gasteiger partial charge is 0.0552 e. The van der Waals surface area contributed by atoms with Crippen molar-refractivity contribution in [2.45, 2.75) is 27.7 Å². The minimum Gasteiger partial charge on any atom is -0.310 e. The van der Waals surface area contributed by atoms with Gasteiger partial charge in [0, 0.05) is 52.8 Å². The van der Waals surface area contributed by atoms with Gasteiger partial charge in [-0.1, -0.05) is 80.4 Å². The fourth-order valence-corrected chi connectivity index (χ4v) is 7.88. The molecule has 0 saturated carbocycles. The summed E-state index contributed by atoms with van der Waals surface area (Å²) in [6.45, 7) is 8.54. The van der Waals surface area contributed by atoms with E-state index in [-0.39, 0.29) is 0 Å². The highest BCUT2D eigenvalue weighted by Crippen LogP contribution is 2.46. The van der Waals surface area contributed by atoms with Gasteiger partial charge >= 0.3 is 0 Å². The first-order valence-electron chi connectivity index (χ1n) is 14.1. The van der Waals surface area contributed by atoms with Gasteiger partial charge in [0.1, 0.15) is 0 Å². The zero-order chi connectivity index (χ0) is 29.4. The zero-order valence-corrected chi connectivity index (χ0v) is 28.1. The fourth-order valence-electron chi connectivity index (χ4n) is 6.01. The number of aromatic nitrogens is 2. The number of thiophene rings is 1. The molecule has 0 aliphatic carbocycles. The lowest BCUT2D eigenvalue weighted by Crippen LogP contribution is -1.97. The molecule has 0 fully saturated rings. The first-order valence-corrected chi connectivity index (χ1v) is 16.9. The lowest BCUT2D eigenvalue weighted by molar-refractivity contribution is 1.11. The van der Waals surface area contributed by atoms with Gasteiger partial charge in [-0.05, 0) is 99.3 Å². The Morgan fingerprint density at radius 1 is 0.881 bits per heavy atom. The Kier molecular flexibility index (Phi) is 8.26. The second kappa shape index (κ2) is 12.1. The van der Waals surface area contributed by atoms with E-state index in [1.165, 1.54) is 65.0 Å². The molecule has 42 heavy (non-hydrogen) atoms. The quantitative estimate of drug-likeness (QED) is 0.116. The van der Waals surface area contributed by atoms with E-state index >= 15 is 0 Å². The number of nitrogens with zero attached hydrogens (tertiary/aromatic N) is 2. The minimum atomic E-state index is 0.816. The lowest BCUT2D eigenvalue weighted by Gasteiger charge is -2.10. The molecule has 0 radical (unpaired) electrons. The number of halogens is 2. The molecule has 0 aliphatic heterocycles. The summed E-state index contributed by atoms with van der Waals surface area (Å²) in [7, 11) is 0. The number of benzene rings is 3. The summed E-state index contributed by atoms with van der Waals surface area (Å²) in [5, 5.41) is 4.65. The molecule has 0 amide bonds. The van der Waals surface area contributed by atoms with E-state index in [4.69, 9.17) is 0 Å². The van der Waals surface area contributed by atoms with Crippen molar-refractivity contribution in [3.8, 4) is 16.1 Å². The third kappa shape index (κ3) is 4.78. The van der Waals surface area contributed by atoms with E-state index in [9.17, 15) is 0 Å². The normalized spacial score (nSPS) is 13.0. The van der Waals surface area contributed by atoms with Crippen LogP contribution in [0.1, 0.15) is 37.7 Å². The van der Waals surface area contributed by atoms with E-state index in [1.807, 2.05) is 11.3 Å². The summed E-state index contributed by atoms with van der Waals surface area (Å²) in [6, 6.07) is 24.2. The largest absolute Gasteiger partial charge is 0.310 e. The highest BCUT2D eigenvalue weighted by Gasteiger charge is 2.23. The molecule has 6 aromatic rings. The van der Waals surface area contributed by atoms with Crippen molar-refractivity contribution in [1.82, 2.24) is 9.13 Å². The van der Waals surface area contributed by atoms with Gasteiger partial charge in [0.2, 0.25) is 0 Å². The average molecular weight is 697 g/mol. The molecule has 0 aliphatic rings. The first kappa shape index (κ1) is 28.7. The molecular weight excluding hydrogens is 664 g/mol. The van der Waals surface area contributed by atoms with E-state index in [1.54, 1.807) is 0 Å². The maximum Gasteiger partial charge on any atom is 0.0552 e. The minimum absolute atomic E-state index is 0.816. The van der Waals surface area contributed by atoms with Crippen LogP contribution in [-0.4, -0.2) is 14.5 Å². The molecular formula is C37H32Br2N2S. The molecule has 6 rings (SSSR count). The number of para-hydroxylation sites is 1. The molecule has 0 unspecified atom stereocenters. The zero-order valence-electron chi connectivity index (χ0n) is 24.2. The van der Waals surface area contributed by atoms with Gasteiger partial charge in [-0.2, -0.15) is 0 Å². The van der Waals surface area contributed by atoms with Gasteiger partial charge < -0.3 is 9.13 Å². The third-order valence-corrected chi connectivity index (χ3v) is 9.77. The predicted molar refractivity (Wildman–Crippen MR) is 194 cm³/mol. The molecule has 3 aromatic heterocycles. The molecule has 2 nitrogen and oxygen atoms in total. The van der Waals surface area contributed by atoms with Crippen molar-refractivity contribution >= 4 is 92.9 Å².